The minimum Gasteiger partial charge on any atom is -0.466 e. The van der Waals surface area contributed by atoms with Gasteiger partial charge in [0.1, 0.15) is 0 Å². The fourth-order valence-corrected chi connectivity index (χ4v) is 0.174. The topological polar surface area (TPSA) is 50.1 Å². The van der Waals surface area contributed by atoms with E-state index < -0.39 is 0 Å². The van der Waals surface area contributed by atoms with Crippen molar-refractivity contribution in [3.05, 3.63) is 12.2 Å². The predicted octanol–water partition coefficient (Wildman–Crippen LogP) is 2.03. The third-order valence-electron chi connectivity index (χ3n) is 0.712. The lowest BCUT2D eigenvalue weighted by Gasteiger charge is -1.91. The molecule has 4 heteroatoms. The monoisotopic (exact) mass is 233 g/mol. The molecule has 1 atom stereocenters. The number of esters is 1. The number of methoxy groups -OCH3 is 1. The van der Waals surface area contributed by atoms with Gasteiger partial charge in [-0.25, -0.2) is 4.79 Å². The highest BCUT2D eigenvalue weighted by Gasteiger charge is 1.95. The second-order valence-electron chi connectivity index (χ2n) is 2.02. The van der Waals surface area contributed by atoms with Gasteiger partial charge in [-0.1, -0.05) is 22.5 Å². The van der Waals surface area contributed by atoms with E-state index in [4.69, 9.17) is 5.26 Å². The molecule has 0 saturated heterocycles. The van der Waals surface area contributed by atoms with Gasteiger partial charge in [-0.05, 0) is 13.8 Å². The molecule has 3 nitrogen and oxygen atoms in total. The first-order valence-electron chi connectivity index (χ1n) is 3.23. The van der Waals surface area contributed by atoms with Gasteiger partial charge in [0.25, 0.3) is 0 Å². The average Bonchev–Trinajstić information content (AvgIpc) is 2.04. The minimum atomic E-state index is -0.347. The lowest BCUT2D eigenvalue weighted by molar-refractivity contribution is -0.136. The second kappa shape index (κ2) is 8.28. The van der Waals surface area contributed by atoms with Gasteiger partial charge < -0.3 is 4.74 Å². The quantitative estimate of drug-likeness (QED) is 0.396. The molecule has 0 heterocycles. The number of alkyl halides is 1. The number of hydrogen-bond donors (Lipinski definition) is 0. The van der Waals surface area contributed by atoms with Gasteiger partial charge in [-0.15, -0.1) is 0 Å². The standard InChI is InChI=1S/C5H8O2.C3H4BrN/c1-4(2)5(6)7-3;1-3(4)2-5/h1H2,2-3H3;3H,1H3. The Morgan fingerprint density at radius 1 is 1.75 bits per heavy atom. The van der Waals surface area contributed by atoms with Crippen LogP contribution in [0.3, 0.4) is 0 Å². The molecule has 0 aliphatic carbocycles. The molecule has 0 aromatic rings. The molecular weight excluding hydrogens is 222 g/mol. The lowest BCUT2D eigenvalue weighted by atomic mass is 10.4. The first-order valence-corrected chi connectivity index (χ1v) is 4.14. The Balaban J connectivity index is 0. The summed E-state index contributed by atoms with van der Waals surface area (Å²) < 4.78 is 4.27. The van der Waals surface area contributed by atoms with Crippen LogP contribution in [0.5, 0.6) is 0 Å². The van der Waals surface area contributed by atoms with E-state index in [1.807, 2.05) is 6.07 Å². The Morgan fingerprint density at radius 3 is 2.08 bits per heavy atom. The number of halogens is 1. The summed E-state index contributed by atoms with van der Waals surface area (Å²) in [6.45, 7) is 6.73. The van der Waals surface area contributed by atoms with E-state index >= 15 is 0 Å². The van der Waals surface area contributed by atoms with Crippen LogP contribution in [0.2, 0.25) is 0 Å². The number of ether oxygens (including phenoxy) is 1. The summed E-state index contributed by atoms with van der Waals surface area (Å²) in [7, 11) is 1.33. The van der Waals surface area contributed by atoms with Gasteiger partial charge in [0, 0.05) is 5.57 Å². The molecular formula is C8H12BrNO2. The van der Waals surface area contributed by atoms with Crippen molar-refractivity contribution in [2.45, 2.75) is 18.7 Å². The van der Waals surface area contributed by atoms with Gasteiger partial charge in [0.2, 0.25) is 0 Å². The zero-order chi connectivity index (χ0) is 10.1. The van der Waals surface area contributed by atoms with E-state index in [9.17, 15) is 4.79 Å². The van der Waals surface area contributed by atoms with E-state index in [0.29, 0.717) is 5.57 Å². The largest absolute Gasteiger partial charge is 0.466 e. The number of carbonyl (C=O) groups excluding carboxylic acids is 1. The van der Waals surface area contributed by atoms with Crippen LogP contribution in [0.1, 0.15) is 13.8 Å². The van der Waals surface area contributed by atoms with E-state index in [1.165, 1.54) is 7.11 Å². The van der Waals surface area contributed by atoms with Gasteiger partial charge in [0.15, 0.2) is 0 Å². The second-order valence-corrected chi connectivity index (χ2v) is 3.39. The molecule has 0 N–H and O–H groups in total. The van der Waals surface area contributed by atoms with E-state index in [2.05, 4.69) is 27.2 Å². The first-order chi connectivity index (χ1) is 5.45. The normalized spacial score (nSPS) is 9.92. The number of nitrogens with zero attached hydrogens (tertiary/aromatic N) is 1. The Morgan fingerprint density at radius 2 is 2.08 bits per heavy atom. The molecule has 0 aliphatic rings. The number of hydrogen-bond acceptors (Lipinski definition) is 3. The summed E-state index contributed by atoms with van der Waals surface area (Å²) in [5.74, 6) is -0.347. The van der Waals surface area contributed by atoms with E-state index in [-0.39, 0.29) is 10.8 Å². The molecule has 1 unspecified atom stereocenters. The van der Waals surface area contributed by atoms with Crippen LogP contribution in [0.4, 0.5) is 0 Å². The molecule has 68 valence electrons. The summed E-state index contributed by atoms with van der Waals surface area (Å²) in [5, 5.41) is 7.85. The van der Waals surface area contributed by atoms with Gasteiger partial charge in [-0.2, -0.15) is 5.26 Å². The molecule has 0 aliphatic heterocycles. The maximum absolute atomic E-state index is 10.2. The summed E-state index contributed by atoms with van der Waals surface area (Å²) in [4.78, 5) is 10.2. The van der Waals surface area contributed by atoms with Crippen molar-refractivity contribution in [3.8, 4) is 6.07 Å². The molecule has 0 fully saturated rings. The van der Waals surface area contributed by atoms with E-state index in [0.717, 1.165) is 0 Å². The molecule has 0 radical (unpaired) electrons. The van der Waals surface area contributed by atoms with Crippen molar-refractivity contribution < 1.29 is 9.53 Å². The fraction of sp³-hybridized carbons (Fsp3) is 0.500. The highest BCUT2D eigenvalue weighted by molar-refractivity contribution is 9.09. The molecule has 0 rings (SSSR count). The van der Waals surface area contributed by atoms with Gasteiger partial charge in [0.05, 0.1) is 18.0 Å². The number of rotatable bonds is 1. The third kappa shape index (κ3) is 11.9. The fourth-order valence-electron chi connectivity index (χ4n) is 0.174. The first kappa shape index (κ1) is 13.7. The number of carbonyl (C=O) groups is 1. The molecule has 0 bridgehead atoms. The van der Waals surface area contributed by atoms with Crippen LogP contribution in [-0.2, 0) is 9.53 Å². The summed E-state index contributed by atoms with van der Waals surface area (Å²) in [5.41, 5.74) is 0.433. The van der Waals surface area contributed by atoms with Crippen LogP contribution in [0, 0.1) is 11.3 Å². The van der Waals surface area contributed by atoms with Gasteiger partial charge >= 0.3 is 5.97 Å². The van der Waals surface area contributed by atoms with Crippen molar-refractivity contribution in [1.82, 2.24) is 0 Å². The van der Waals surface area contributed by atoms with Crippen molar-refractivity contribution >= 4 is 21.9 Å². The Kier molecular flexibility index (Phi) is 9.48. The summed E-state index contributed by atoms with van der Waals surface area (Å²) in [6.07, 6.45) is 0. The molecule has 0 spiro atoms. The van der Waals surface area contributed by atoms with Crippen molar-refractivity contribution in [2.24, 2.45) is 0 Å². The number of nitriles is 1. The van der Waals surface area contributed by atoms with Crippen LogP contribution in [0.25, 0.3) is 0 Å². The zero-order valence-corrected chi connectivity index (χ0v) is 9.01. The van der Waals surface area contributed by atoms with Crippen LogP contribution in [0.15, 0.2) is 12.2 Å². The van der Waals surface area contributed by atoms with Crippen molar-refractivity contribution in [1.29, 1.82) is 5.26 Å². The molecule has 0 aromatic carbocycles. The Hall–Kier alpha value is -0.820. The summed E-state index contributed by atoms with van der Waals surface area (Å²) >= 11 is 3.01. The lowest BCUT2D eigenvalue weighted by Crippen LogP contribution is -1.98. The van der Waals surface area contributed by atoms with Crippen molar-refractivity contribution in [3.63, 3.8) is 0 Å². The molecule has 0 amide bonds. The van der Waals surface area contributed by atoms with Crippen LogP contribution in [-0.4, -0.2) is 17.9 Å². The maximum atomic E-state index is 10.2. The summed E-state index contributed by atoms with van der Waals surface area (Å²) in [6, 6.07) is 1.94. The Labute approximate surface area is 81.1 Å². The zero-order valence-electron chi connectivity index (χ0n) is 7.43. The molecule has 12 heavy (non-hydrogen) atoms. The van der Waals surface area contributed by atoms with Crippen LogP contribution >= 0.6 is 15.9 Å². The maximum Gasteiger partial charge on any atom is 0.332 e. The van der Waals surface area contributed by atoms with Crippen LogP contribution < -0.4 is 0 Å². The third-order valence-corrected chi connectivity index (χ3v) is 0.917. The Bertz CT molecular complexity index is 194. The average molecular weight is 234 g/mol. The molecule has 0 aromatic heterocycles. The van der Waals surface area contributed by atoms with Gasteiger partial charge in [-0.3, -0.25) is 0 Å². The SMILES string of the molecule is C=C(C)C(=O)OC.CC(Br)C#N. The smallest absolute Gasteiger partial charge is 0.332 e. The van der Waals surface area contributed by atoms with Crippen molar-refractivity contribution in [2.75, 3.05) is 7.11 Å². The van der Waals surface area contributed by atoms with E-state index in [1.54, 1.807) is 13.8 Å². The minimum absolute atomic E-state index is 0.00231. The predicted molar refractivity (Wildman–Crippen MR) is 50.8 cm³/mol. The molecule has 0 saturated carbocycles. The highest BCUT2D eigenvalue weighted by Crippen LogP contribution is 1.90. The highest BCUT2D eigenvalue weighted by atomic mass is 79.9.